The van der Waals surface area contributed by atoms with Crippen LogP contribution in [-0.2, 0) is 0 Å². The Morgan fingerprint density at radius 1 is 0.833 bits per heavy atom. The first kappa shape index (κ1) is 23.6. The fraction of sp³-hybridized carbons (Fsp3) is 0.0385. The molecule has 3 aromatic heterocycles. The van der Waals surface area contributed by atoms with Gasteiger partial charge in [-0.1, -0.05) is 42.5 Å². The molecule has 2 aromatic carbocycles. The Bertz CT molecular complexity index is 1510. The average molecular weight is 558 g/mol. The van der Waals surface area contributed by atoms with E-state index in [0.717, 1.165) is 32.0 Å². The molecule has 2 amide bonds. The zero-order chi connectivity index (χ0) is 24.9. The van der Waals surface area contributed by atoms with E-state index in [1.54, 1.807) is 23.5 Å². The monoisotopic (exact) mass is 557 g/mol. The molecule has 3 N–H and O–H groups in total. The summed E-state index contributed by atoms with van der Waals surface area (Å²) >= 11 is 5.16. The number of aryl methyl sites for hydroxylation is 1. The lowest BCUT2D eigenvalue weighted by molar-refractivity contribution is 0.262. The third-order valence-corrected chi connectivity index (χ3v) is 6.96. The van der Waals surface area contributed by atoms with Gasteiger partial charge >= 0.3 is 6.03 Å². The van der Waals surface area contributed by atoms with E-state index in [9.17, 15) is 4.79 Å². The number of carbonyl (C=O) groups is 1. The van der Waals surface area contributed by atoms with Crippen molar-refractivity contribution >= 4 is 56.4 Å². The molecule has 3 heterocycles. The highest BCUT2D eigenvalue weighted by atomic mass is 79.9. The van der Waals surface area contributed by atoms with Crippen LogP contribution in [0.1, 0.15) is 5.69 Å². The van der Waals surface area contributed by atoms with Gasteiger partial charge in [-0.2, -0.15) is 0 Å². The Hall–Kier alpha value is -4.15. The van der Waals surface area contributed by atoms with E-state index < -0.39 is 6.03 Å². The van der Waals surface area contributed by atoms with Crippen molar-refractivity contribution in [2.75, 3.05) is 16.0 Å². The van der Waals surface area contributed by atoms with Crippen molar-refractivity contribution in [2.45, 2.75) is 6.92 Å². The molecule has 0 spiro atoms. The minimum absolute atomic E-state index is 0.339. The van der Waals surface area contributed by atoms with Crippen molar-refractivity contribution in [1.82, 2.24) is 20.2 Å². The zero-order valence-electron chi connectivity index (χ0n) is 19.1. The first-order valence-electron chi connectivity index (χ1n) is 11.0. The SMILES string of the molecule is Cc1cc(-c2sccc2Br)nc(Nc2ccccc2NC(=O)Nc2ccc(-c3ccccc3)nn2)n1. The van der Waals surface area contributed by atoms with Gasteiger partial charge in [0.1, 0.15) is 0 Å². The molecule has 0 aliphatic heterocycles. The topological polar surface area (TPSA) is 105 Å². The maximum absolute atomic E-state index is 12.7. The second-order valence-corrected chi connectivity index (χ2v) is 9.51. The smallest absolute Gasteiger partial charge is 0.322 e. The molecule has 0 radical (unpaired) electrons. The van der Waals surface area contributed by atoms with Crippen LogP contribution in [0, 0.1) is 6.92 Å². The number of carbonyl (C=O) groups excluding carboxylic acids is 1. The van der Waals surface area contributed by atoms with E-state index in [1.807, 2.05) is 79.0 Å². The van der Waals surface area contributed by atoms with Crippen molar-refractivity contribution in [3.8, 4) is 21.8 Å². The highest BCUT2D eigenvalue weighted by Gasteiger charge is 2.12. The van der Waals surface area contributed by atoms with E-state index in [1.165, 1.54) is 0 Å². The maximum atomic E-state index is 12.7. The number of hydrogen-bond donors (Lipinski definition) is 3. The third-order valence-electron chi connectivity index (χ3n) is 5.10. The standard InChI is InChI=1S/C26H20BrN7OS/c1-16-15-22(24-18(27)13-14-36-24)30-25(28-16)29-20-9-5-6-10-21(20)31-26(35)32-23-12-11-19(33-34-23)17-7-3-2-4-8-17/h2-15H,1H3,(H,28,29,30)(H2,31,32,34,35). The molecular weight excluding hydrogens is 538 g/mol. The molecule has 0 bridgehead atoms. The molecule has 0 aliphatic rings. The molecule has 5 rings (SSSR count). The van der Waals surface area contributed by atoms with Gasteiger partial charge in [0.25, 0.3) is 0 Å². The molecule has 0 atom stereocenters. The van der Waals surface area contributed by atoms with Gasteiger partial charge in [0.2, 0.25) is 5.95 Å². The fourth-order valence-electron chi connectivity index (χ4n) is 3.47. The van der Waals surface area contributed by atoms with Gasteiger partial charge < -0.3 is 10.6 Å². The van der Waals surface area contributed by atoms with Crippen LogP contribution < -0.4 is 16.0 Å². The molecule has 8 nitrogen and oxygen atoms in total. The predicted molar refractivity (Wildman–Crippen MR) is 148 cm³/mol. The van der Waals surface area contributed by atoms with Crippen LogP contribution in [0.4, 0.5) is 27.9 Å². The second kappa shape index (κ2) is 10.6. The van der Waals surface area contributed by atoms with Crippen molar-refractivity contribution in [1.29, 1.82) is 0 Å². The summed E-state index contributed by atoms with van der Waals surface area (Å²) in [6.07, 6.45) is 0. The van der Waals surface area contributed by atoms with Crippen molar-refractivity contribution < 1.29 is 4.79 Å². The Balaban J connectivity index is 1.30. The summed E-state index contributed by atoms with van der Waals surface area (Å²) in [5.74, 6) is 0.771. The number of rotatable bonds is 6. The largest absolute Gasteiger partial charge is 0.324 e. The minimum atomic E-state index is -0.445. The summed E-state index contributed by atoms with van der Waals surface area (Å²) in [4.78, 5) is 22.9. The summed E-state index contributed by atoms with van der Waals surface area (Å²) in [6, 6.07) is 24.1. The molecule has 178 valence electrons. The molecule has 5 aromatic rings. The number of aromatic nitrogens is 4. The van der Waals surface area contributed by atoms with Crippen LogP contribution in [0.2, 0.25) is 0 Å². The summed E-state index contributed by atoms with van der Waals surface area (Å²) in [7, 11) is 0. The van der Waals surface area contributed by atoms with Crippen LogP contribution in [0.3, 0.4) is 0 Å². The van der Waals surface area contributed by atoms with E-state index in [4.69, 9.17) is 0 Å². The maximum Gasteiger partial charge on any atom is 0.324 e. The molecule has 0 unspecified atom stereocenters. The van der Waals surface area contributed by atoms with Gasteiger partial charge in [0.05, 0.1) is 27.6 Å². The van der Waals surface area contributed by atoms with Gasteiger partial charge in [-0.3, -0.25) is 5.32 Å². The number of halogens is 1. The van der Waals surface area contributed by atoms with Gasteiger partial charge in [0, 0.05) is 15.7 Å². The normalized spacial score (nSPS) is 10.6. The minimum Gasteiger partial charge on any atom is -0.322 e. The second-order valence-electron chi connectivity index (χ2n) is 7.74. The Morgan fingerprint density at radius 2 is 1.61 bits per heavy atom. The van der Waals surface area contributed by atoms with Gasteiger partial charge in [-0.15, -0.1) is 21.5 Å². The Kier molecular flexibility index (Phi) is 6.96. The van der Waals surface area contributed by atoms with Crippen LogP contribution in [0.15, 0.2) is 88.7 Å². The average Bonchev–Trinajstić information content (AvgIpc) is 3.32. The summed E-state index contributed by atoms with van der Waals surface area (Å²) in [5.41, 5.74) is 4.53. The van der Waals surface area contributed by atoms with E-state index in [0.29, 0.717) is 23.1 Å². The molecule has 0 saturated heterocycles. The van der Waals surface area contributed by atoms with E-state index >= 15 is 0 Å². The Morgan fingerprint density at radius 3 is 2.33 bits per heavy atom. The van der Waals surface area contributed by atoms with Crippen LogP contribution >= 0.6 is 27.3 Å². The van der Waals surface area contributed by atoms with Crippen molar-refractivity contribution in [2.24, 2.45) is 0 Å². The number of anilines is 4. The van der Waals surface area contributed by atoms with E-state index in [-0.39, 0.29) is 0 Å². The Labute approximate surface area is 220 Å². The summed E-state index contributed by atoms with van der Waals surface area (Å²) < 4.78 is 0.982. The van der Waals surface area contributed by atoms with Crippen molar-refractivity contribution in [3.63, 3.8) is 0 Å². The molecule has 10 heteroatoms. The zero-order valence-corrected chi connectivity index (χ0v) is 21.5. The molecule has 0 fully saturated rings. The quantitative estimate of drug-likeness (QED) is 0.205. The molecular formula is C26H20BrN7OS. The highest BCUT2D eigenvalue weighted by molar-refractivity contribution is 9.10. The van der Waals surface area contributed by atoms with Crippen LogP contribution in [-0.4, -0.2) is 26.2 Å². The number of urea groups is 1. The first-order chi connectivity index (χ1) is 17.5. The van der Waals surface area contributed by atoms with Gasteiger partial charge in [-0.05, 0) is 64.6 Å². The molecule has 36 heavy (non-hydrogen) atoms. The number of benzene rings is 2. The number of hydrogen-bond acceptors (Lipinski definition) is 7. The van der Waals surface area contributed by atoms with Crippen LogP contribution in [0.5, 0.6) is 0 Å². The molecule has 0 aliphatic carbocycles. The summed E-state index contributed by atoms with van der Waals surface area (Å²) in [6.45, 7) is 1.92. The number of thiophene rings is 1. The fourth-order valence-corrected chi connectivity index (χ4v) is 5.01. The first-order valence-corrected chi connectivity index (χ1v) is 12.6. The van der Waals surface area contributed by atoms with Gasteiger partial charge in [0.15, 0.2) is 5.82 Å². The highest BCUT2D eigenvalue weighted by Crippen LogP contribution is 2.33. The third kappa shape index (κ3) is 5.56. The number of para-hydroxylation sites is 2. The predicted octanol–water partition coefficient (Wildman–Crippen LogP) is 7.12. The van der Waals surface area contributed by atoms with E-state index in [2.05, 4.69) is 52.0 Å². The lowest BCUT2D eigenvalue weighted by atomic mass is 10.1. The summed E-state index contributed by atoms with van der Waals surface area (Å²) in [5, 5.41) is 19.1. The van der Waals surface area contributed by atoms with Crippen molar-refractivity contribution in [3.05, 3.63) is 94.4 Å². The lowest BCUT2D eigenvalue weighted by Gasteiger charge is -2.13. The number of nitrogens with one attached hydrogen (secondary N) is 3. The number of amides is 2. The van der Waals surface area contributed by atoms with Gasteiger partial charge in [-0.25, -0.2) is 14.8 Å². The van der Waals surface area contributed by atoms with Crippen LogP contribution in [0.25, 0.3) is 21.8 Å². The number of nitrogens with zero attached hydrogens (tertiary/aromatic N) is 4. The lowest BCUT2D eigenvalue weighted by Crippen LogP contribution is -2.21. The molecule has 0 saturated carbocycles.